The molecule has 14 rings (SSSR count). The molecule has 0 saturated heterocycles. The summed E-state index contributed by atoms with van der Waals surface area (Å²) in [7, 11) is 0. The Balaban J connectivity index is 1.18. The summed E-state index contributed by atoms with van der Waals surface area (Å²) >= 11 is 0. The number of furan rings is 1. The molecule has 0 radical (unpaired) electrons. The summed E-state index contributed by atoms with van der Waals surface area (Å²) in [5.74, 6) is 0. The van der Waals surface area contributed by atoms with E-state index in [1.54, 1.807) is 0 Å². The highest BCUT2D eigenvalue weighted by Gasteiger charge is 2.50. The number of benzene rings is 10. The van der Waals surface area contributed by atoms with Gasteiger partial charge < -0.3 is 13.9 Å². The maximum Gasteiger partial charge on any atom is 0.137 e. The molecular weight excluding hydrogens is 753 g/mol. The van der Waals surface area contributed by atoms with Gasteiger partial charge >= 0.3 is 0 Å². The zero-order chi connectivity index (χ0) is 44.9. The van der Waals surface area contributed by atoms with Gasteiger partial charge in [0, 0.05) is 32.9 Å². The van der Waals surface area contributed by atoms with Crippen LogP contribution in [0.1, 0.15) is 29.1 Å². The summed E-state index contributed by atoms with van der Waals surface area (Å²) in [5, 5.41) is 4.62. The molecule has 288 valence electrons. The van der Waals surface area contributed by atoms with Crippen molar-refractivity contribution in [3.63, 3.8) is 0 Å². The summed E-state index contributed by atoms with van der Waals surface area (Å²) in [6, 6.07) is 63.0. The van der Waals surface area contributed by atoms with Crippen LogP contribution in [0.15, 0.2) is 223 Å². The first kappa shape index (κ1) is 29.1. The van der Waals surface area contributed by atoms with Crippen LogP contribution in [0.3, 0.4) is 0 Å². The van der Waals surface area contributed by atoms with Gasteiger partial charge in [-0.2, -0.15) is 0 Å². The van der Waals surface area contributed by atoms with Gasteiger partial charge in [0.05, 0.1) is 40.1 Å². The van der Waals surface area contributed by atoms with E-state index in [0.29, 0.717) is 50.1 Å². The summed E-state index contributed by atoms with van der Waals surface area (Å²) < 4.78 is 59.3. The van der Waals surface area contributed by atoms with Crippen LogP contribution in [0.2, 0.25) is 0 Å². The Morgan fingerprint density at radius 3 is 1.82 bits per heavy atom. The zero-order valence-electron chi connectivity index (χ0n) is 38.2. The second-order valence-electron chi connectivity index (χ2n) is 16.3. The van der Waals surface area contributed by atoms with Crippen LogP contribution in [0.5, 0.6) is 0 Å². The Morgan fingerprint density at radius 1 is 0.419 bits per heavy atom. The van der Waals surface area contributed by atoms with Crippen molar-refractivity contribution >= 4 is 71.6 Å². The first-order valence-corrected chi connectivity index (χ1v) is 21.0. The normalized spacial score (nSPS) is 14.4. The van der Waals surface area contributed by atoms with Crippen molar-refractivity contribution in [1.29, 1.82) is 0 Å². The van der Waals surface area contributed by atoms with Crippen molar-refractivity contribution in [3.05, 3.63) is 241 Å². The molecule has 2 aliphatic rings. The van der Waals surface area contributed by atoms with Crippen LogP contribution in [0.25, 0.3) is 82.5 Å². The lowest BCUT2D eigenvalue weighted by Gasteiger charge is -2.40. The van der Waals surface area contributed by atoms with E-state index < -0.39 is 5.41 Å². The number of nitrogens with zero attached hydrogens (tertiary/aromatic N) is 2. The van der Waals surface area contributed by atoms with E-state index in [0.717, 1.165) is 71.6 Å². The number of para-hydroxylation sites is 3. The molecule has 0 atom stereocenters. The molecule has 0 unspecified atom stereocenters. The van der Waals surface area contributed by atoms with Gasteiger partial charge in [-0.15, -0.1) is 0 Å². The maximum atomic E-state index is 10.6. The summed E-state index contributed by atoms with van der Waals surface area (Å²) in [4.78, 5) is 2.02. The first-order valence-electron chi connectivity index (χ1n) is 23.5. The summed E-state index contributed by atoms with van der Waals surface area (Å²) in [5.41, 5.74) is 11.8. The fourth-order valence-corrected chi connectivity index (χ4v) is 11.0. The van der Waals surface area contributed by atoms with Crippen LogP contribution >= 0.6 is 0 Å². The number of fused-ring (bicyclic) bond motifs is 15. The Kier molecular flexibility index (Phi) is 5.85. The third kappa shape index (κ3) is 4.29. The van der Waals surface area contributed by atoms with Crippen LogP contribution in [-0.2, 0) is 5.41 Å². The molecule has 0 N–H and O–H groups in total. The summed E-state index contributed by atoms with van der Waals surface area (Å²) in [6.45, 7) is 0. The average molecular weight is 794 g/mol. The predicted octanol–water partition coefficient (Wildman–Crippen LogP) is 15.6. The zero-order valence-corrected chi connectivity index (χ0v) is 33.2. The van der Waals surface area contributed by atoms with Crippen molar-refractivity contribution < 1.29 is 11.3 Å². The second-order valence-corrected chi connectivity index (χ2v) is 16.3. The molecule has 2 aliphatic carbocycles. The third-order valence-corrected chi connectivity index (χ3v) is 13.4. The van der Waals surface area contributed by atoms with E-state index in [1.807, 2.05) is 114 Å². The van der Waals surface area contributed by atoms with Gasteiger partial charge in [-0.25, -0.2) is 0 Å². The van der Waals surface area contributed by atoms with Crippen LogP contribution < -0.4 is 4.90 Å². The lowest BCUT2D eigenvalue weighted by molar-refractivity contribution is 0.669. The minimum Gasteiger partial charge on any atom is -0.456 e. The molecule has 12 aromatic rings. The largest absolute Gasteiger partial charge is 0.456 e. The molecule has 3 heteroatoms. The molecule has 10 aromatic carbocycles. The van der Waals surface area contributed by atoms with Crippen molar-refractivity contribution in [3.8, 4) is 27.9 Å². The first-order chi connectivity index (χ1) is 32.9. The van der Waals surface area contributed by atoms with Gasteiger partial charge in [-0.3, -0.25) is 0 Å². The van der Waals surface area contributed by atoms with Crippen molar-refractivity contribution in [2.45, 2.75) is 5.41 Å². The molecule has 2 heterocycles. The maximum absolute atomic E-state index is 10.6. The minimum absolute atomic E-state index is 0.00252. The molecule has 2 aromatic heterocycles. The monoisotopic (exact) mass is 793 g/mol. The molecule has 62 heavy (non-hydrogen) atoms. The Labute approximate surface area is 365 Å². The second kappa shape index (κ2) is 12.4. The molecule has 1 spiro atoms. The number of hydrogen-bond acceptors (Lipinski definition) is 2. The number of hydrogen-bond donors (Lipinski definition) is 0. The van der Waals surface area contributed by atoms with E-state index in [-0.39, 0.29) is 30.2 Å². The van der Waals surface area contributed by atoms with Gasteiger partial charge in [-0.05, 0) is 111 Å². The Hall–Kier alpha value is -8.14. The predicted molar refractivity (Wildman–Crippen MR) is 257 cm³/mol. The van der Waals surface area contributed by atoms with Crippen molar-refractivity contribution in [2.75, 3.05) is 4.90 Å². The SMILES string of the molecule is [2H]c1c([2H])c2c3c(c([2H])c([2H])c(N(c4ccc5c(c4)c4ccccc4n5-c4ccccc4)c4cccc5oc6ccccc6c45)c3c1[2H])C1(c3ccccc3-c3ccccc31)c1ccccc1-2. The molecule has 0 bridgehead atoms. The Morgan fingerprint density at radius 2 is 1.05 bits per heavy atom. The standard InChI is InChI=1S/C59H36N2O/c1-2-16-37(17-3-1)60-51-28-12-7-21-42(51)46-36-38(32-34-53(46)60)61(54-29-15-31-56-58(54)45-22-8-13-30-55(45)62-56)52-35-33-50-57-43(23-14-24-44(52)57)41-20-6-11-27-49(41)59(50)47-25-9-4-18-39(47)40-19-5-10-26-48(40)59/h1-36H/i14D,23D,24D,33D,35D. The summed E-state index contributed by atoms with van der Waals surface area (Å²) in [6.07, 6.45) is 0. The molecule has 0 aliphatic heterocycles. The van der Waals surface area contributed by atoms with Gasteiger partial charge in [0.15, 0.2) is 0 Å². The fraction of sp³-hybridized carbons (Fsp3) is 0.0169. The van der Waals surface area contributed by atoms with Gasteiger partial charge in [0.2, 0.25) is 0 Å². The topological polar surface area (TPSA) is 21.3 Å². The van der Waals surface area contributed by atoms with E-state index in [4.69, 9.17) is 4.42 Å². The number of rotatable bonds is 4. The van der Waals surface area contributed by atoms with Crippen molar-refractivity contribution in [2.24, 2.45) is 0 Å². The van der Waals surface area contributed by atoms with Gasteiger partial charge in [-0.1, -0.05) is 158 Å². The highest BCUT2D eigenvalue weighted by Crippen LogP contribution is 2.62. The highest BCUT2D eigenvalue weighted by atomic mass is 16.3. The molecule has 0 amide bonds. The van der Waals surface area contributed by atoms with Crippen LogP contribution in [0, 0.1) is 0 Å². The molecule has 0 saturated carbocycles. The lowest BCUT2D eigenvalue weighted by atomic mass is 9.61. The molecule has 3 nitrogen and oxygen atoms in total. The van der Waals surface area contributed by atoms with Crippen LogP contribution in [0.4, 0.5) is 17.1 Å². The third-order valence-electron chi connectivity index (χ3n) is 13.4. The molecule has 0 fully saturated rings. The Bertz CT molecular complexity index is 4090. The number of aromatic nitrogens is 1. The smallest absolute Gasteiger partial charge is 0.137 e. The van der Waals surface area contributed by atoms with Crippen molar-refractivity contribution in [1.82, 2.24) is 4.57 Å². The van der Waals surface area contributed by atoms with Gasteiger partial charge in [0.1, 0.15) is 11.2 Å². The average Bonchev–Trinajstić information content (AvgIpc) is 4.02. The fourth-order valence-electron chi connectivity index (χ4n) is 11.0. The van der Waals surface area contributed by atoms with E-state index in [2.05, 4.69) is 83.4 Å². The van der Waals surface area contributed by atoms with Crippen LogP contribution in [-0.4, -0.2) is 4.57 Å². The van der Waals surface area contributed by atoms with E-state index >= 15 is 0 Å². The molecular formula is C59H36N2O. The minimum atomic E-state index is -1.06. The quantitative estimate of drug-likeness (QED) is 0.177. The van der Waals surface area contributed by atoms with Gasteiger partial charge in [0.25, 0.3) is 0 Å². The number of anilines is 3. The van der Waals surface area contributed by atoms with E-state index in [1.165, 1.54) is 0 Å². The lowest BCUT2D eigenvalue weighted by Crippen LogP contribution is -2.32. The van der Waals surface area contributed by atoms with E-state index in [9.17, 15) is 6.85 Å². The highest BCUT2D eigenvalue weighted by molar-refractivity contribution is 6.18.